The first-order valence-electron chi connectivity index (χ1n) is 11.5. The van der Waals surface area contributed by atoms with Crippen LogP contribution in [0.4, 0.5) is 0 Å². The lowest BCUT2D eigenvalue weighted by Gasteiger charge is -2.30. The molecule has 0 aromatic carbocycles. The van der Waals surface area contributed by atoms with Gasteiger partial charge in [0.2, 0.25) is 0 Å². The maximum Gasteiger partial charge on any atom is 0.0959 e. The molecule has 2 aliphatic carbocycles. The van der Waals surface area contributed by atoms with Gasteiger partial charge in [-0.15, -0.1) is 0 Å². The van der Waals surface area contributed by atoms with E-state index in [4.69, 9.17) is 5.10 Å². The van der Waals surface area contributed by atoms with Crippen molar-refractivity contribution in [1.29, 1.82) is 0 Å². The van der Waals surface area contributed by atoms with Crippen LogP contribution in [0.15, 0.2) is 66.3 Å². The quantitative estimate of drug-likeness (QED) is 0.661. The fourth-order valence-electron chi connectivity index (χ4n) is 5.53. The number of nitrogens with one attached hydrogen (secondary N) is 2. The van der Waals surface area contributed by atoms with Crippen molar-refractivity contribution in [2.75, 3.05) is 13.1 Å². The summed E-state index contributed by atoms with van der Waals surface area (Å²) in [5.41, 5.74) is 7.83. The van der Waals surface area contributed by atoms with Crippen LogP contribution < -0.4 is 5.32 Å². The lowest BCUT2D eigenvalue weighted by atomic mass is 9.73. The molecule has 1 saturated heterocycles. The van der Waals surface area contributed by atoms with Crippen LogP contribution in [0.5, 0.6) is 0 Å². The van der Waals surface area contributed by atoms with Gasteiger partial charge in [0.25, 0.3) is 0 Å². The van der Waals surface area contributed by atoms with Crippen molar-refractivity contribution in [1.82, 2.24) is 30.3 Å². The Hall–Kier alpha value is -2.99. The molecule has 3 aliphatic rings. The number of H-pyrrole nitrogens is 1. The van der Waals surface area contributed by atoms with Gasteiger partial charge in [0.15, 0.2) is 0 Å². The summed E-state index contributed by atoms with van der Waals surface area (Å²) >= 11 is 0. The molecule has 3 aromatic heterocycles. The highest BCUT2D eigenvalue weighted by atomic mass is 15.3. The Labute approximate surface area is 182 Å². The number of hydrogen-bond donors (Lipinski definition) is 2. The smallest absolute Gasteiger partial charge is 0.0959 e. The summed E-state index contributed by atoms with van der Waals surface area (Å²) in [6.45, 7) is 2.12. The summed E-state index contributed by atoms with van der Waals surface area (Å²) in [5, 5.41) is 16.2. The van der Waals surface area contributed by atoms with Crippen molar-refractivity contribution in [3.8, 4) is 11.3 Å². The van der Waals surface area contributed by atoms with E-state index in [1.165, 1.54) is 22.4 Å². The predicted octanol–water partition coefficient (Wildman–Crippen LogP) is 4.51. The molecule has 1 fully saturated rings. The van der Waals surface area contributed by atoms with E-state index < -0.39 is 0 Å². The first kappa shape index (κ1) is 18.8. The van der Waals surface area contributed by atoms with Crippen molar-refractivity contribution < 1.29 is 0 Å². The highest BCUT2D eigenvalue weighted by Crippen LogP contribution is 2.49. The predicted molar refractivity (Wildman–Crippen MR) is 121 cm³/mol. The minimum atomic E-state index is 0.291. The average molecular weight is 413 g/mol. The van der Waals surface area contributed by atoms with Gasteiger partial charge >= 0.3 is 0 Å². The van der Waals surface area contributed by atoms with Crippen molar-refractivity contribution in [2.24, 2.45) is 0 Å². The van der Waals surface area contributed by atoms with Crippen LogP contribution in [0.25, 0.3) is 11.3 Å². The zero-order valence-electron chi connectivity index (χ0n) is 17.7. The summed E-state index contributed by atoms with van der Waals surface area (Å²) in [7, 11) is 0. The van der Waals surface area contributed by atoms with Crippen LogP contribution in [0.3, 0.4) is 0 Å². The number of nitrogens with zero attached hydrogens (tertiary/aromatic N) is 4. The van der Waals surface area contributed by atoms with E-state index in [-0.39, 0.29) is 0 Å². The third kappa shape index (κ3) is 3.45. The average Bonchev–Trinajstić information content (AvgIpc) is 3.60. The zero-order valence-corrected chi connectivity index (χ0v) is 17.7. The van der Waals surface area contributed by atoms with Crippen molar-refractivity contribution >= 4 is 0 Å². The second-order valence-corrected chi connectivity index (χ2v) is 8.94. The largest absolute Gasteiger partial charge is 0.317 e. The lowest BCUT2D eigenvalue weighted by Crippen LogP contribution is -2.29. The third-order valence-corrected chi connectivity index (χ3v) is 7.15. The van der Waals surface area contributed by atoms with Gasteiger partial charge < -0.3 is 5.32 Å². The molecule has 1 aliphatic heterocycles. The van der Waals surface area contributed by atoms with Gasteiger partial charge in [-0.1, -0.05) is 12.2 Å². The molecule has 31 heavy (non-hydrogen) atoms. The summed E-state index contributed by atoms with van der Waals surface area (Å²) in [6.07, 6.45) is 18.5. The topological polar surface area (TPSA) is 71.4 Å². The van der Waals surface area contributed by atoms with Gasteiger partial charge in [0, 0.05) is 53.4 Å². The standard InChI is InChI=1S/C25H28N6/c1-2-18-14-21(22(15-19(18)3-1)24-8-13-28-29-24)23-16-31(20-6-11-27-12-7-20)30-25(23)17-4-9-26-10-5-17/h2,4-5,8-10,13,15-16,20-22,27H,1,3,6-7,11-12,14H2,(H,28,29). The number of aromatic amines is 1. The van der Waals surface area contributed by atoms with Crippen LogP contribution in [-0.2, 0) is 0 Å². The minimum absolute atomic E-state index is 0.291. The Morgan fingerprint density at radius 2 is 1.87 bits per heavy atom. The van der Waals surface area contributed by atoms with E-state index in [9.17, 15) is 0 Å². The number of rotatable bonds is 4. The molecule has 0 radical (unpaired) electrons. The van der Waals surface area contributed by atoms with E-state index in [0.29, 0.717) is 17.9 Å². The van der Waals surface area contributed by atoms with Crippen LogP contribution in [0.2, 0.25) is 0 Å². The summed E-state index contributed by atoms with van der Waals surface area (Å²) in [4.78, 5) is 4.23. The van der Waals surface area contributed by atoms with Gasteiger partial charge in [0.05, 0.1) is 11.7 Å². The van der Waals surface area contributed by atoms with E-state index in [1.54, 1.807) is 0 Å². The van der Waals surface area contributed by atoms with Crippen molar-refractivity contribution in [3.05, 3.63) is 77.5 Å². The Balaban J connectivity index is 1.48. The third-order valence-electron chi connectivity index (χ3n) is 7.15. The summed E-state index contributed by atoms with van der Waals surface area (Å²) < 4.78 is 2.25. The Morgan fingerprint density at radius 1 is 1.00 bits per heavy atom. The Kier molecular flexibility index (Phi) is 4.80. The van der Waals surface area contributed by atoms with Crippen LogP contribution >= 0.6 is 0 Å². The molecule has 2 N–H and O–H groups in total. The molecule has 0 bridgehead atoms. The minimum Gasteiger partial charge on any atom is -0.317 e. The van der Waals surface area contributed by atoms with Gasteiger partial charge in [-0.2, -0.15) is 10.2 Å². The van der Waals surface area contributed by atoms with E-state index in [1.807, 2.05) is 18.6 Å². The molecule has 3 aromatic rings. The summed E-state index contributed by atoms with van der Waals surface area (Å²) in [6, 6.07) is 6.76. The van der Waals surface area contributed by atoms with Crippen molar-refractivity contribution in [2.45, 2.75) is 50.0 Å². The molecule has 6 nitrogen and oxygen atoms in total. The Morgan fingerprint density at radius 3 is 2.68 bits per heavy atom. The first-order chi connectivity index (χ1) is 15.4. The van der Waals surface area contributed by atoms with Crippen molar-refractivity contribution in [3.63, 3.8) is 0 Å². The maximum atomic E-state index is 5.18. The van der Waals surface area contributed by atoms with Crippen LogP contribution in [0, 0.1) is 0 Å². The number of allylic oxidation sites excluding steroid dienone is 4. The normalized spacial score (nSPS) is 24.0. The number of pyridine rings is 1. The fourth-order valence-corrected chi connectivity index (χ4v) is 5.53. The maximum absolute atomic E-state index is 5.18. The van der Waals surface area contributed by atoms with E-state index in [2.05, 4.69) is 61.7 Å². The number of hydrogen-bond acceptors (Lipinski definition) is 4. The molecule has 0 spiro atoms. The SMILES string of the molecule is C1=C2CCC=C2CC(c2cn(C3CCNCC3)nc2-c2ccncc2)C1c1ccn[nH]1. The summed E-state index contributed by atoms with van der Waals surface area (Å²) in [5.74, 6) is 0.631. The van der Waals surface area contributed by atoms with Crippen LogP contribution in [-0.4, -0.2) is 38.1 Å². The van der Waals surface area contributed by atoms with Gasteiger partial charge in [0.1, 0.15) is 0 Å². The molecular weight excluding hydrogens is 384 g/mol. The van der Waals surface area contributed by atoms with Crippen LogP contribution in [0.1, 0.15) is 61.2 Å². The lowest BCUT2D eigenvalue weighted by molar-refractivity contribution is 0.343. The van der Waals surface area contributed by atoms with Gasteiger partial charge in [-0.3, -0.25) is 14.8 Å². The van der Waals surface area contributed by atoms with Gasteiger partial charge in [-0.25, -0.2) is 0 Å². The second-order valence-electron chi connectivity index (χ2n) is 8.94. The first-order valence-corrected chi connectivity index (χ1v) is 11.5. The molecule has 0 saturated carbocycles. The molecule has 6 heteroatoms. The molecule has 4 heterocycles. The monoisotopic (exact) mass is 412 g/mol. The molecular formula is C25H28N6. The zero-order chi connectivity index (χ0) is 20.6. The number of aromatic nitrogens is 5. The highest BCUT2D eigenvalue weighted by molar-refractivity contribution is 5.64. The fraction of sp³-hybridized carbons (Fsp3) is 0.400. The molecule has 2 atom stereocenters. The number of fused-ring (bicyclic) bond motifs is 1. The highest BCUT2D eigenvalue weighted by Gasteiger charge is 2.35. The van der Waals surface area contributed by atoms with Gasteiger partial charge in [-0.05, 0) is 74.5 Å². The molecule has 158 valence electrons. The Bertz CT molecular complexity index is 1100. The number of piperidine rings is 1. The molecule has 6 rings (SSSR count). The second kappa shape index (κ2) is 7.93. The van der Waals surface area contributed by atoms with E-state index >= 15 is 0 Å². The molecule has 0 amide bonds. The molecule has 2 unspecified atom stereocenters. The van der Waals surface area contributed by atoms with E-state index in [0.717, 1.165) is 56.5 Å².